The SMILES string of the molecule is C=CN=C(c1cc[nH]c1C)N(C)C1CC(/C=C/CS(=O)(=O)CCC[C@H]2C[C@@H](CC)O2)C1. The van der Waals surface area contributed by atoms with Crippen molar-refractivity contribution in [2.45, 2.75) is 70.6 Å². The number of amidine groups is 1. The molecular formula is C24H37N3O3S. The largest absolute Gasteiger partial charge is 0.375 e. The number of aromatic nitrogens is 1. The Balaban J connectivity index is 1.39. The molecule has 2 aliphatic rings. The topological polar surface area (TPSA) is 74.8 Å². The van der Waals surface area contributed by atoms with E-state index in [1.54, 1.807) is 6.20 Å². The molecular weight excluding hydrogens is 410 g/mol. The van der Waals surface area contributed by atoms with Crippen molar-refractivity contribution >= 4 is 15.7 Å². The molecule has 172 valence electrons. The number of rotatable bonds is 11. The molecule has 0 spiro atoms. The predicted octanol–water partition coefficient (Wildman–Crippen LogP) is 4.24. The third kappa shape index (κ3) is 6.32. The van der Waals surface area contributed by atoms with Gasteiger partial charge in [0.05, 0.1) is 23.7 Å². The van der Waals surface area contributed by atoms with Crippen LogP contribution in [0.4, 0.5) is 0 Å². The van der Waals surface area contributed by atoms with Crippen molar-refractivity contribution in [1.82, 2.24) is 9.88 Å². The van der Waals surface area contributed by atoms with E-state index in [1.807, 2.05) is 25.3 Å². The summed E-state index contributed by atoms with van der Waals surface area (Å²) in [4.78, 5) is 9.91. The highest BCUT2D eigenvalue weighted by Crippen LogP contribution is 2.33. The molecule has 1 N–H and O–H groups in total. The van der Waals surface area contributed by atoms with Crippen LogP contribution in [0.25, 0.3) is 0 Å². The van der Waals surface area contributed by atoms with Gasteiger partial charge in [-0.3, -0.25) is 0 Å². The Morgan fingerprint density at radius 2 is 2.10 bits per heavy atom. The van der Waals surface area contributed by atoms with Crippen LogP contribution in [0.3, 0.4) is 0 Å². The van der Waals surface area contributed by atoms with Gasteiger partial charge in [0, 0.05) is 36.7 Å². The summed E-state index contributed by atoms with van der Waals surface area (Å²) < 4.78 is 30.3. The van der Waals surface area contributed by atoms with Crippen molar-refractivity contribution in [2.75, 3.05) is 18.6 Å². The van der Waals surface area contributed by atoms with Gasteiger partial charge in [-0.25, -0.2) is 13.4 Å². The lowest BCUT2D eigenvalue weighted by atomic mass is 9.79. The molecule has 7 heteroatoms. The zero-order valence-corrected chi connectivity index (χ0v) is 19.9. The van der Waals surface area contributed by atoms with Crippen LogP contribution in [0.2, 0.25) is 0 Å². The second-order valence-corrected chi connectivity index (χ2v) is 11.1. The number of aliphatic imine (C=N–C) groups is 1. The first-order valence-corrected chi connectivity index (χ1v) is 13.2. The summed E-state index contributed by atoms with van der Waals surface area (Å²) in [6, 6.07) is 2.43. The minimum Gasteiger partial charge on any atom is -0.375 e. The highest BCUT2D eigenvalue weighted by Gasteiger charge is 2.32. The van der Waals surface area contributed by atoms with Crippen LogP contribution in [0.15, 0.2) is 42.2 Å². The maximum Gasteiger partial charge on any atom is 0.153 e. The van der Waals surface area contributed by atoms with Crippen molar-refractivity contribution in [3.05, 3.63) is 48.5 Å². The molecule has 0 aromatic carbocycles. The number of aryl methyl sites for hydroxylation is 1. The molecule has 1 aliphatic carbocycles. The molecule has 1 aromatic rings. The highest BCUT2D eigenvalue weighted by atomic mass is 32.2. The van der Waals surface area contributed by atoms with Gasteiger partial charge in [0.25, 0.3) is 0 Å². The molecule has 0 bridgehead atoms. The van der Waals surface area contributed by atoms with Crippen molar-refractivity contribution < 1.29 is 13.2 Å². The normalized spacial score (nSPS) is 26.5. The summed E-state index contributed by atoms with van der Waals surface area (Å²) in [5.74, 6) is 1.74. The Morgan fingerprint density at radius 3 is 2.71 bits per heavy atom. The van der Waals surface area contributed by atoms with Gasteiger partial charge in [0.2, 0.25) is 0 Å². The lowest BCUT2D eigenvalue weighted by Crippen LogP contribution is -2.45. The predicted molar refractivity (Wildman–Crippen MR) is 127 cm³/mol. The number of ether oxygens (including phenoxy) is 1. The van der Waals surface area contributed by atoms with Gasteiger partial charge in [-0.05, 0) is 57.4 Å². The third-order valence-electron chi connectivity index (χ3n) is 6.55. The maximum atomic E-state index is 12.3. The number of aromatic amines is 1. The van der Waals surface area contributed by atoms with E-state index in [0.717, 1.165) is 49.2 Å². The summed E-state index contributed by atoms with van der Waals surface area (Å²) in [6.07, 6.45) is 13.8. The standard InChI is InChI=1S/C24H37N3O3S/c1-5-21-17-22(30-21)10-8-14-31(28,29)13-7-9-19-15-20(16-19)27(4)24(25-6-2)23-11-12-26-18(23)3/h6-7,9,11-12,19-22,26H,2,5,8,10,13-17H2,1,3-4H3/b9-7+,25-24?/t19?,20?,21-,22+/m1/s1. The number of sulfone groups is 1. The highest BCUT2D eigenvalue weighted by molar-refractivity contribution is 7.91. The number of nitrogens with one attached hydrogen (secondary N) is 1. The average molecular weight is 448 g/mol. The molecule has 1 saturated carbocycles. The average Bonchev–Trinajstić information content (AvgIpc) is 3.08. The lowest BCUT2D eigenvalue weighted by Gasteiger charge is -2.41. The second kappa shape index (κ2) is 10.6. The Morgan fingerprint density at radius 1 is 1.35 bits per heavy atom. The monoisotopic (exact) mass is 447 g/mol. The van der Waals surface area contributed by atoms with E-state index in [2.05, 4.69) is 41.5 Å². The zero-order chi connectivity index (χ0) is 22.4. The van der Waals surface area contributed by atoms with Crippen molar-refractivity contribution in [3.8, 4) is 0 Å². The molecule has 0 amide bonds. The van der Waals surface area contributed by atoms with Crippen LogP contribution in [0.5, 0.6) is 0 Å². The Kier molecular flexibility index (Phi) is 8.17. The number of hydrogen-bond donors (Lipinski definition) is 1. The Labute approximate surface area is 187 Å². The number of allylic oxidation sites excluding steroid dienone is 1. The van der Waals surface area contributed by atoms with E-state index in [9.17, 15) is 8.42 Å². The minimum atomic E-state index is -3.03. The molecule has 6 nitrogen and oxygen atoms in total. The summed E-state index contributed by atoms with van der Waals surface area (Å²) >= 11 is 0. The van der Waals surface area contributed by atoms with Crippen LogP contribution in [0, 0.1) is 12.8 Å². The summed E-state index contributed by atoms with van der Waals surface area (Å²) in [5, 5.41) is 0. The third-order valence-corrected chi connectivity index (χ3v) is 8.16. The summed E-state index contributed by atoms with van der Waals surface area (Å²) in [7, 11) is -0.964. The van der Waals surface area contributed by atoms with Crippen LogP contribution in [0.1, 0.15) is 56.7 Å². The van der Waals surface area contributed by atoms with Gasteiger partial charge in [-0.1, -0.05) is 25.7 Å². The molecule has 2 heterocycles. The van der Waals surface area contributed by atoms with Crippen LogP contribution >= 0.6 is 0 Å². The van der Waals surface area contributed by atoms with E-state index in [-0.39, 0.29) is 17.6 Å². The van der Waals surface area contributed by atoms with E-state index in [4.69, 9.17) is 4.74 Å². The molecule has 0 unspecified atom stereocenters. The minimum absolute atomic E-state index is 0.138. The van der Waals surface area contributed by atoms with Gasteiger partial charge in [-0.15, -0.1) is 0 Å². The van der Waals surface area contributed by atoms with Gasteiger partial charge in [0.15, 0.2) is 9.84 Å². The van der Waals surface area contributed by atoms with Crippen molar-refractivity contribution in [3.63, 3.8) is 0 Å². The zero-order valence-electron chi connectivity index (χ0n) is 19.1. The molecule has 31 heavy (non-hydrogen) atoms. The van der Waals surface area contributed by atoms with Gasteiger partial charge in [0.1, 0.15) is 5.84 Å². The van der Waals surface area contributed by atoms with Gasteiger partial charge < -0.3 is 14.6 Å². The Bertz CT molecular complexity index is 891. The van der Waals surface area contributed by atoms with Crippen molar-refractivity contribution in [1.29, 1.82) is 0 Å². The van der Waals surface area contributed by atoms with Crippen LogP contribution in [-0.4, -0.2) is 60.9 Å². The second-order valence-electron chi connectivity index (χ2n) is 8.86. The summed E-state index contributed by atoms with van der Waals surface area (Å²) in [5.41, 5.74) is 2.17. The number of nitrogens with zero attached hydrogens (tertiary/aromatic N) is 2. The van der Waals surface area contributed by atoms with Crippen LogP contribution < -0.4 is 0 Å². The lowest BCUT2D eigenvalue weighted by molar-refractivity contribution is -0.127. The van der Waals surface area contributed by atoms with E-state index in [1.165, 1.54) is 0 Å². The fourth-order valence-electron chi connectivity index (χ4n) is 4.42. The van der Waals surface area contributed by atoms with E-state index < -0.39 is 9.84 Å². The van der Waals surface area contributed by atoms with E-state index >= 15 is 0 Å². The van der Waals surface area contributed by atoms with E-state index in [0.29, 0.717) is 24.5 Å². The number of hydrogen-bond acceptors (Lipinski definition) is 4. The molecule has 1 saturated heterocycles. The maximum absolute atomic E-state index is 12.3. The first kappa shape index (κ1) is 23.8. The first-order valence-electron chi connectivity index (χ1n) is 11.4. The smallest absolute Gasteiger partial charge is 0.153 e. The molecule has 2 fully saturated rings. The quantitative estimate of drug-likeness (QED) is 0.313. The molecule has 3 rings (SSSR count). The van der Waals surface area contributed by atoms with Gasteiger partial charge in [-0.2, -0.15) is 0 Å². The van der Waals surface area contributed by atoms with Gasteiger partial charge >= 0.3 is 0 Å². The molecule has 2 atom stereocenters. The fraction of sp³-hybridized carbons (Fsp3) is 0.625. The molecule has 1 aromatic heterocycles. The van der Waals surface area contributed by atoms with Crippen molar-refractivity contribution in [2.24, 2.45) is 10.9 Å². The first-order chi connectivity index (χ1) is 14.8. The fourth-order valence-corrected chi connectivity index (χ4v) is 5.60. The summed E-state index contributed by atoms with van der Waals surface area (Å²) in [6.45, 7) is 7.91. The Hall–Kier alpha value is -1.86. The van der Waals surface area contributed by atoms with Crippen LogP contribution in [-0.2, 0) is 14.6 Å². The number of H-pyrrole nitrogens is 1. The molecule has 0 radical (unpaired) electrons. The molecule has 1 aliphatic heterocycles.